The lowest BCUT2D eigenvalue weighted by atomic mass is 10.0. The van der Waals surface area contributed by atoms with E-state index in [-0.39, 0.29) is 24.0 Å². The molecule has 1 aliphatic heterocycles. The van der Waals surface area contributed by atoms with E-state index in [1.807, 2.05) is 37.2 Å². The number of hydrogen-bond donors (Lipinski definition) is 1. The molecule has 2 aromatic rings. The molecule has 3 rings (SSSR count). The molecule has 0 bridgehead atoms. The molecule has 1 aromatic carbocycles. The second kappa shape index (κ2) is 8.69. The van der Waals surface area contributed by atoms with Crippen LogP contribution in [-0.4, -0.2) is 43.0 Å². The maximum absolute atomic E-state index is 6.25. The van der Waals surface area contributed by atoms with Gasteiger partial charge in [0.1, 0.15) is 5.82 Å². The molecule has 25 heavy (non-hydrogen) atoms. The number of nitrogens with zero attached hydrogens (tertiary/aromatic N) is 4. The Morgan fingerprint density at radius 1 is 1.36 bits per heavy atom. The van der Waals surface area contributed by atoms with E-state index in [2.05, 4.69) is 28.9 Å². The van der Waals surface area contributed by atoms with E-state index < -0.39 is 0 Å². The van der Waals surface area contributed by atoms with Crippen molar-refractivity contribution >= 4 is 46.7 Å². The van der Waals surface area contributed by atoms with Gasteiger partial charge in [0, 0.05) is 32.6 Å². The van der Waals surface area contributed by atoms with Gasteiger partial charge in [-0.15, -0.1) is 24.0 Å². The zero-order chi connectivity index (χ0) is 17.1. The molecule has 0 saturated carbocycles. The molecular weight excluding hydrogens is 425 g/mol. The van der Waals surface area contributed by atoms with E-state index in [1.54, 1.807) is 0 Å². The molecule has 5 nitrogen and oxygen atoms in total. The average Bonchev–Trinajstić information content (AvgIpc) is 2.59. The van der Waals surface area contributed by atoms with Crippen LogP contribution >= 0.6 is 24.0 Å². The minimum absolute atomic E-state index is 0. The number of aromatic nitrogens is 1. The lowest BCUT2D eigenvalue weighted by Gasteiger charge is -2.31. The van der Waals surface area contributed by atoms with E-state index in [9.17, 15) is 0 Å². The fourth-order valence-corrected chi connectivity index (χ4v) is 3.26. The Morgan fingerprint density at radius 2 is 2.12 bits per heavy atom. The van der Waals surface area contributed by atoms with E-state index in [1.165, 1.54) is 12.8 Å². The molecule has 6 heteroatoms. The van der Waals surface area contributed by atoms with Gasteiger partial charge in [0.15, 0.2) is 5.96 Å². The largest absolute Gasteiger partial charge is 0.370 e. The van der Waals surface area contributed by atoms with Crippen LogP contribution in [-0.2, 0) is 6.54 Å². The molecule has 1 aromatic heterocycles. The van der Waals surface area contributed by atoms with Gasteiger partial charge >= 0.3 is 0 Å². The topological polar surface area (TPSA) is 57.8 Å². The molecular formula is C19H28IN5. The summed E-state index contributed by atoms with van der Waals surface area (Å²) in [5.74, 6) is 2.30. The number of halogens is 1. The highest BCUT2D eigenvalue weighted by Crippen LogP contribution is 2.23. The van der Waals surface area contributed by atoms with Crippen LogP contribution < -0.4 is 10.6 Å². The van der Waals surface area contributed by atoms with Crippen molar-refractivity contribution in [3.63, 3.8) is 0 Å². The average molecular weight is 453 g/mol. The Morgan fingerprint density at radius 3 is 2.84 bits per heavy atom. The molecule has 1 unspecified atom stereocenters. The Labute approximate surface area is 167 Å². The van der Waals surface area contributed by atoms with E-state index in [0.717, 1.165) is 35.4 Å². The standard InChI is InChI=1S/C19H27N5.HI/c1-14-7-6-10-24(13-14)19(20)21-12-15-11-18(23(2)3)22-17-9-5-4-8-16(15)17;/h4-5,8-9,11,14H,6-7,10,12-13H2,1-3H3,(H2,20,21);1H. The minimum Gasteiger partial charge on any atom is -0.370 e. The van der Waals surface area contributed by atoms with Gasteiger partial charge in [0.05, 0.1) is 12.1 Å². The number of hydrogen-bond acceptors (Lipinski definition) is 3. The summed E-state index contributed by atoms with van der Waals surface area (Å²) in [6.07, 6.45) is 2.48. The SMILES string of the molecule is CC1CCCN(C(N)=NCc2cc(N(C)C)nc3ccccc23)C1.I. The van der Waals surface area contributed by atoms with Crippen LogP contribution in [0.2, 0.25) is 0 Å². The fourth-order valence-electron chi connectivity index (χ4n) is 3.26. The third-order valence-electron chi connectivity index (χ3n) is 4.64. The second-order valence-corrected chi connectivity index (χ2v) is 6.92. The van der Waals surface area contributed by atoms with Crippen LogP contribution in [0, 0.1) is 5.92 Å². The Balaban J connectivity index is 0.00000225. The number of rotatable bonds is 3. The summed E-state index contributed by atoms with van der Waals surface area (Å²) in [7, 11) is 4.02. The van der Waals surface area contributed by atoms with Gasteiger partial charge in [-0.3, -0.25) is 0 Å². The van der Waals surface area contributed by atoms with E-state index >= 15 is 0 Å². The van der Waals surface area contributed by atoms with Gasteiger partial charge in [-0.1, -0.05) is 25.1 Å². The molecule has 2 heterocycles. The fraction of sp³-hybridized carbons (Fsp3) is 0.474. The number of guanidine groups is 1. The molecule has 136 valence electrons. The number of para-hydroxylation sites is 1. The van der Waals surface area contributed by atoms with E-state index in [4.69, 9.17) is 10.7 Å². The van der Waals surface area contributed by atoms with Crippen LogP contribution in [0.4, 0.5) is 5.82 Å². The lowest BCUT2D eigenvalue weighted by Crippen LogP contribution is -2.43. The smallest absolute Gasteiger partial charge is 0.191 e. The number of anilines is 1. The molecule has 1 fully saturated rings. The van der Waals surface area contributed by atoms with Gasteiger partial charge in [0.25, 0.3) is 0 Å². The molecule has 1 saturated heterocycles. The van der Waals surface area contributed by atoms with Crippen molar-refractivity contribution in [3.05, 3.63) is 35.9 Å². The van der Waals surface area contributed by atoms with Gasteiger partial charge < -0.3 is 15.5 Å². The van der Waals surface area contributed by atoms with Crippen molar-refractivity contribution < 1.29 is 0 Å². The first-order valence-electron chi connectivity index (χ1n) is 8.65. The van der Waals surface area contributed by atoms with Crippen LogP contribution in [0.15, 0.2) is 35.3 Å². The summed E-state index contributed by atoms with van der Waals surface area (Å²) in [5, 5.41) is 1.15. The third-order valence-corrected chi connectivity index (χ3v) is 4.64. The van der Waals surface area contributed by atoms with Crippen molar-refractivity contribution in [2.45, 2.75) is 26.3 Å². The van der Waals surface area contributed by atoms with Crippen LogP contribution in [0.1, 0.15) is 25.3 Å². The van der Waals surface area contributed by atoms with Crippen molar-refractivity contribution in [1.29, 1.82) is 0 Å². The van der Waals surface area contributed by atoms with Gasteiger partial charge in [-0.25, -0.2) is 9.98 Å². The molecule has 0 spiro atoms. The van der Waals surface area contributed by atoms with Gasteiger partial charge in [0.2, 0.25) is 0 Å². The van der Waals surface area contributed by atoms with Crippen LogP contribution in [0.25, 0.3) is 10.9 Å². The predicted molar refractivity (Wildman–Crippen MR) is 117 cm³/mol. The van der Waals surface area contributed by atoms with Crippen molar-refractivity contribution in [2.75, 3.05) is 32.1 Å². The Kier molecular flexibility index (Phi) is 6.87. The summed E-state index contributed by atoms with van der Waals surface area (Å²) >= 11 is 0. The van der Waals surface area contributed by atoms with Gasteiger partial charge in [-0.2, -0.15) is 0 Å². The molecule has 1 aliphatic rings. The third kappa shape index (κ3) is 4.74. The molecule has 0 aliphatic carbocycles. The quantitative estimate of drug-likeness (QED) is 0.440. The predicted octanol–water partition coefficient (Wildman–Crippen LogP) is 3.47. The molecule has 1 atom stereocenters. The number of nitrogens with two attached hydrogens (primary N) is 1. The summed E-state index contributed by atoms with van der Waals surface area (Å²) < 4.78 is 0. The highest BCUT2D eigenvalue weighted by molar-refractivity contribution is 14.0. The Bertz CT molecular complexity index is 744. The van der Waals surface area contributed by atoms with Crippen molar-refractivity contribution in [1.82, 2.24) is 9.88 Å². The number of pyridine rings is 1. The van der Waals surface area contributed by atoms with Crippen LogP contribution in [0.5, 0.6) is 0 Å². The number of likely N-dealkylation sites (tertiary alicyclic amines) is 1. The molecule has 0 radical (unpaired) electrons. The summed E-state index contributed by atoms with van der Waals surface area (Å²) in [4.78, 5) is 13.6. The first kappa shape index (κ1) is 19.8. The number of piperidine rings is 1. The zero-order valence-electron chi connectivity index (χ0n) is 15.3. The maximum atomic E-state index is 6.25. The molecule has 0 amide bonds. The summed E-state index contributed by atoms with van der Waals surface area (Å²) in [5.41, 5.74) is 8.41. The molecule has 2 N–H and O–H groups in total. The van der Waals surface area contributed by atoms with E-state index in [0.29, 0.717) is 18.4 Å². The normalized spacial score (nSPS) is 18.1. The van der Waals surface area contributed by atoms with Crippen molar-refractivity contribution in [3.8, 4) is 0 Å². The number of benzene rings is 1. The first-order chi connectivity index (χ1) is 11.5. The van der Waals surface area contributed by atoms with Gasteiger partial charge in [-0.05, 0) is 36.5 Å². The Hall–Kier alpha value is -1.57. The minimum atomic E-state index is 0. The van der Waals surface area contributed by atoms with Crippen molar-refractivity contribution in [2.24, 2.45) is 16.6 Å². The number of aliphatic imine (C=N–C) groups is 1. The number of fused-ring (bicyclic) bond motifs is 1. The van der Waals surface area contributed by atoms with Crippen LogP contribution in [0.3, 0.4) is 0 Å². The lowest BCUT2D eigenvalue weighted by molar-refractivity contribution is 0.270. The summed E-state index contributed by atoms with van der Waals surface area (Å²) in [6, 6.07) is 10.3. The maximum Gasteiger partial charge on any atom is 0.191 e. The highest BCUT2D eigenvalue weighted by atomic mass is 127. The monoisotopic (exact) mass is 453 g/mol. The highest BCUT2D eigenvalue weighted by Gasteiger charge is 2.17. The zero-order valence-corrected chi connectivity index (χ0v) is 17.6. The second-order valence-electron chi connectivity index (χ2n) is 6.92. The summed E-state index contributed by atoms with van der Waals surface area (Å²) in [6.45, 7) is 4.88. The first-order valence-corrected chi connectivity index (χ1v) is 8.65.